The molecule has 1 fully saturated rings. The van der Waals surface area contributed by atoms with Gasteiger partial charge >= 0.3 is 0 Å². The number of furan rings is 1. The molecule has 8 heteroatoms. The zero-order valence-corrected chi connectivity index (χ0v) is 15.4. The number of pyridine rings is 1. The number of carbonyl (C=O) groups is 1. The van der Waals surface area contributed by atoms with E-state index in [-0.39, 0.29) is 11.7 Å². The van der Waals surface area contributed by atoms with Crippen LogP contribution >= 0.6 is 23.5 Å². The Bertz CT molecular complexity index is 1030. The maximum absolute atomic E-state index is 13.0. The standard InChI is InChI=1S/C19H12FN3O2S2/c20-12-4-6-13(7-5-12)22-19-23-18(24)15(26-19)11-14-8-9-17(25-14)27-16-3-1-2-10-21-16/h1-11H,(H,22,23,24)/b15-11-. The van der Waals surface area contributed by atoms with Gasteiger partial charge in [0.15, 0.2) is 10.3 Å². The zero-order chi connectivity index (χ0) is 18.6. The topological polar surface area (TPSA) is 67.5 Å². The van der Waals surface area contributed by atoms with Gasteiger partial charge < -0.3 is 9.73 Å². The SMILES string of the molecule is O=C1NC(=Nc2ccc(F)cc2)S/C1=C\c1ccc(Sc2ccccn2)o1. The molecule has 134 valence electrons. The van der Waals surface area contributed by atoms with Crippen LogP contribution in [0.15, 0.2) is 85.2 Å². The van der Waals surface area contributed by atoms with E-state index in [0.29, 0.717) is 26.6 Å². The van der Waals surface area contributed by atoms with Gasteiger partial charge in [-0.15, -0.1) is 0 Å². The fraction of sp³-hybridized carbons (Fsp3) is 0. The van der Waals surface area contributed by atoms with Crippen molar-refractivity contribution in [1.29, 1.82) is 0 Å². The van der Waals surface area contributed by atoms with Gasteiger partial charge in [-0.1, -0.05) is 6.07 Å². The second-order valence-corrected chi connectivity index (χ2v) is 7.44. The third kappa shape index (κ3) is 4.47. The van der Waals surface area contributed by atoms with Gasteiger partial charge in [-0.05, 0) is 72.1 Å². The van der Waals surface area contributed by atoms with Crippen LogP contribution in [0.5, 0.6) is 0 Å². The Balaban J connectivity index is 1.48. The van der Waals surface area contributed by atoms with Crippen molar-refractivity contribution in [1.82, 2.24) is 10.3 Å². The smallest absolute Gasteiger partial charge is 0.264 e. The van der Waals surface area contributed by atoms with Crippen LogP contribution in [0.25, 0.3) is 6.08 Å². The Hall–Kier alpha value is -2.84. The van der Waals surface area contributed by atoms with Gasteiger partial charge in [0.2, 0.25) is 0 Å². The molecule has 3 aromatic rings. The van der Waals surface area contributed by atoms with E-state index in [4.69, 9.17) is 4.42 Å². The summed E-state index contributed by atoms with van der Waals surface area (Å²) >= 11 is 2.61. The first-order valence-electron chi connectivity index (χ1n) is 7.89. The number of benzene rings is 1. The molecule has 1 amide bonds. The van der Waals surface area contributed by atoms with Gasteiger partial charge in [0.1, 0.15) is 16.6 Å². The number of nitrogens with one attached hydrogen (secondary N) is 1. The van der Waals surface area contributed by atoms with Crippen LogP contribution in [-0.2, 0) is 4.79 Å². The molecular formula is C19H12FN3O2S2. The van der Waals surface area contributed by atoms with Crippen LogP contribution in [0.2, 0.25) is 0 Å². The number of amides is 1. The molecule has 0 saturated carbocycles. The predicted octanol–water partition coefficient (Wildman–Crippen LogP) is 4.86. The first-order valence-corrected chi connectivity index (χ1v) is 9.53. The minimum absolute atomic E-state index is 0.254. The molecule has 1 saturated heterocycles. The molecule has 1 N–H and O–H groups in total. The number of amidine groups is 1. The second kappa shape index (κ2) is 7.81. The average molecular weight is 397 g/mol. The quantitative estimate of drug-likeness (QED) is 0.637. The molecule has 5 nitrogen and oxygen atoms in total. The van der Waals surface area contributed by atoms with E-state index in [2.05, 4.69) is 15.3 Å². The molecule has 1 aliphatic heterocycles. The summed E-state index contributed by atoms with van der Waals surface area (Å²) in [4.78, 5) is 21.1. The molecule has 1 aromatic carbocycles. The number of nitrogens with zero attached hydrogens (tertiary/aromatic N) is 2. The summed E-state index contributed by atoms with van der Waals surface area (Å²) in [6.45, 7) is 0. The maximum atomic E-state index is 13.0. The van der Waals surface area contributed by atoms with Crippen molar-refractivity contribution >= 4 is 46.4 Å². The fourth-order valence-electron chi connectivity index (χ4n) is 2.22. The van der Waals surface area contributed by atoms with Gasteiger partial charge in [-0.25, -0.2) is 14.4 Å². The molecule has 27 heavy (non-hydrogen) atoms. The second-order valence-electron chi connectivity index (χ2n) is 5.38. The molecule has 3 heterocycles. The molecular weight excluding hydrogens is 385 g/mol. The van der Waals surface area contributed by atoms with Crippen molar-refractivity contribution in [2.75, 3.05) is 0 Å². The minimum atomic E-state index is -0.333. The number of halogens is 1. The van der Waals surface area contributed by atoms with Crippen LogP contribution in [-0.4, -0.2) is 16.1 Å². The van der Waals surface area contributed by atoms with Crippen LogP contribution < -0.4 is 5.32 Å². The summed E-state index contributed by atoms with van der Waals surface area (Å²) in [5, 5.41) is 4.64. The number of rotatable bonds is 4. The largest absolute Gasteiger partial charge is 0.450 e. The van der Waals surface area contributed by atoms with Gasteiger partial charge in [0.05, 0.1) is 10.6 Å². The van der Waals surface area contributed by atoms with Gasteiger partial charge in [-0.2, -0.15) is 0 Å². The van der Waals surface area contributed by atoms with Gasteiger partial charge in [0.25, 0.3) is 5.91 Å². The van der Waals surface area contributed by atoms with Crippen LogP contribution in [0, 0.1) is 5.82 Å². The number of aliphatic imine (C=N–C) groups is 1. The van der Waals surface area contributed by atoms with Gasteiger partial charge in [0, 0.05) is 12.3 Å². The van der Waals surface area contributed by atoms with Crippen molar-refractivity contribution in [3.8, 4) is 0 Å². The highest BCUT2D eigenvalue weighted by molar-refractivity contribution is 8.18. The summed E-state index contributed by atoms with van der Waals surface area (Å²) in [6, 6.07) is 15.0. The Kier molecular flexibility index (Phi) is 5.08. The zero-order valence-electron chi connectivity index (χ0n) is 13.8. The Morgan fingerprint density at radius 3 is 2.78 bits per heavy atom. The van der Waals surface area contributed by atoms with Crippen molar-refractivity contribution in [3.05, 3.63) is 77.3 Å². The third-order valence-corrected chi connectivity index (χ3v) is 5.21. The highest BCUT2D eigenvalue weighted by atomic mass is 32.2. The van der Waals surface area contributed by atoms with E-state index in [1.54, 1.807) is 30.5 Å². The van der Waals surface area contributed by atoms with Crippen molar-refractivity contribution in [2.45, 2.75) is 10.1 Å². The van der Waals surface area contributed by atoms with Crippen LogP contribution in [0.1, 0.15) is 5.76 Å². The molecule has 0 unspecified atom stereocenters. The highest BCUT2D eigenvalue weighted by Crippen LogP contribution is 2.31. The maximum Gasteiger partial charge on any atom is 0.264 e. The summed E-state index contributed by atoms with van der Waals surface area (Å²) < 4.78 is 18.7. The van der Waals surface area contributed by atoms with Crippen molar-refractivity contribution in [2.24, 2.45) is 4.99 Å². The lowest BCUT2D eigenvalue weighted by Gasteiger charge is -1.96. The van der Waals surface area contributed by atoms with E-state index in [9.17, 15) is 9.18 Å². The number of hydrogen-bond donors (Lipinski definition) is 1. The van der Waals surface area contributed by atoms with Crippen molar-refractivity contribution in [3.63, 3.8) is 0 Å². The molecule has 4 rings (SSSR count). The molecule has 2 aromatic heterocycles. The molecule has 0 atom stereocenters. The van der Waals surface area contributed by atoms with Crippen molar-refractivity contribution < 1.29 is 13.6 Å². The molecule has 0 aliphatic carbocycles. The number of aromatic nitrogens is 1. The predicted molar refractivity (Wildman–Crippen MR) is 104 cm³/mol. The molecule has 0 radical (unpaired) electrons. The minimum Gasteiger partial charge on any atom is -0.450 e. The third-order valence-electron chi connectivity index (χ3n) is 3.43. The number of hydrogen-bond acceptors (Lipinski definition) is 6. The molecule has 1 aliphatic rings. The lowest BCUT2D eigenvalue weighted by atomic mass is 10.3. The normalized spacial score (nSPS) is 16.9. The first-order chi connectivity index (χ1) is 13.2. The summed E-state index contributed by atoms with van der Waals surface area (Å²) in [7, 11) is 0. The summed E-state index contributed by atoms with van der Waals surface area (Å²) in [5.74, 6) is -0.0230. The van der Waals surface area contributed by atoms with Crippen LogP contribution in [0.4, 0.5) is 10.1 Å². The monoisotopic (exact) mass is 397 g/mol. The van der Waals surface area contributed by atoms with E-state index < -0.39 is 0 Å². The number of carbonyl (C=O) groups excluding carboxylic acids is 1. The molecule has 0 bridgehead atoms. The van der Waals surface area contributed by atoms with Crippen LogP contribution in [0.3, 0.4) is 0 Å². The lowest BCUT2D eigenvalue weighted by Crippen LogP contribution is -2.19. The Morgan fingerprint density at radius 1 is 1.15 bits per heavy atom. The fourth-order valence-corrected chi connectivity index (χ4v) is 3.78. The molecule has 0 spiro atoms. The van der Waals surface area contributed by atoms with E-state index >= 15 is 0 Å². The van der Waals surface area contributed by atoms with E-state index in [0.717, 1.165) is 5.03 Å². The van der Waals surface area contributed by atoms with Gasteiger partial charge in [-0.3, -0.25) is 4.79 Å². The average Bonchev–Trinajstić information content (AvgIpc) is 3.24. The Morgan fingerprint density at radius 2 is 2.00 bits per heavy atom. The highest BCUT2D eigenvalue weighted by Gasteiger charge is 2.24. The first kappa shape index (κ1) is 17.6. The lowest BCUT2D eigenvalue weighted by molar-refractivity contribution is -0.115. The number of thioether (sulfide) groups is 1. The summed E-state index contributed by atoms with van der Waals surface area (Å²) in [6.07, 6.45) is 3.38. The van der Waals surface area contributed by atoms with E-state index in [1.165, 1.54) is 35.7 Å². The van der Waals surface area contributed by atoms with E-state index in [1.807, 2.05) is 24.3 Å². The summed E-state index contributed by atoms with van der Waals surface area (Å²) in [5.41, 5.74) is 0.562. The Labute approximate surface area is 162 Å².